The number of carboxylic acid groups (broad SMARTS) is 1. The summed E-state index contributed by atoms with van der Waals surface area (Å²) in [5.41, 5.74) is 2.32. The van der Waals surface area contributed by atoms with Crippen LogP contribution in [0.1, 0.15) is 57.1 Å². The zero-order valence-electron chi connectivity index (χ0n) is 16.2. The van der Waals surface area contributed by atoms with Gasteiger partial charge in [-0.1, -0.05) is 36.4 Å². The van der Waals surface area contributed by atoms with Crippen molar-refractivity contribution in [3.05, 3.63) is 70.8 Å². The van der Waals surface area contributed by atoms with E-state index in [2.05, 4.69) is 0 Å². The number of carbonyl (C=O) groups excluding carboxylic acids is 3. The van der Waals surface area contributed by atoms with Crippen LogP contribution < -0.4 is 0 Å². The molecule has 2 aromatic carbocycles. The number of imide groups is 1. The van der Waals surface area contributed by atoms with E-state index in [0.29, 0.717) is 19.3 Å². The van der Waals surface area contributed by atoms with Gasteiger partial charge in [-0.2, -0.15) is 0 Å². The molecule has 2 aromatic rings. The third kappa shape index (κ3) is 2.58. The molecule has 0 bridgehead atoms. The molecule has 0 saturated carbocycles. The summed E-state index contributed by atoms with van der Waals surface area (Å²) in [4.78, 5) is 54.3. The third-order valence-corrected chi connectivity index (χ3v) is 6.42. The van der Waals surface area contributed by atoms with Gasteiger partial charge < -0.3 is 10.0 Å². The molecular formula is C23H20N2O5. The molecule has 7 nitrogen and oxygen atoms in total. The van der Waals surface area contributed by atoms with Crippen molar-refractivity contribution in [3.63, 3.8) is 0 Å². The number of piperidine rings is 1. The molecule has 1 fully saturated rings. The summed E-state index contributed by atoms with van der Waals surface area (Å²) in [5, 5.41) is 9.79. The molecule has 1 saturated heterocycles. The summed E-state index contributed by atoms with van der Waals surface area (Å²) >= 11 is 0. The maximum atomic E-state index is 13.7. The summed E-state index contributed by atoms with van der Waals surface area (Å²) in [7, 11) is 0. The van der Waals surface area contributed by atoms with Crippen molar-refractivity contribution in [1.29, 1.82) is 0 Å². The predicted octanol–water partition coefficient (Wildman–Crippen LogP) is 2.41. The van der Waals surface area contributed by atoms with Crippen LogP contribution in [0.25, 0.3) is 0 Å². The Labute approximate surface area is 172 Å². The van der Waals surface area contributed by atoms with Crippen LogP contribution in [0.15, 0.2) is 48.5 Å². The van der Waals surface area contributed by atoms with Crippen molar-refractivity contribution in [2.75, 3.05) is 0 Å². The van der Waals surface area contributed by atoms with Crippen LogP contribution in [0.4, 0.5) is 0 Å². The van der Waals surface area contributed by atoms with Crippen LogP contribution in [-0.2, 0) is 16.0 Å². The van der Waals surface area contributed by atoms with Gasteiger partial charge in [-0.3, -0.25) is 19.3 Å². The quantitative estimate of drug-likeness (QED) is 0.776. The fourth-order valence-electron chi connectivity index (χ4n) is 5.06. The Morgan fingerprint density at radius 2 is 1.50 bits per heavy atom. The van der Waals surface area contributed by atoms with Crippen LogP contribution >= 0.6 is 0 Å². The van der Waals surface area contributed by atoms with E-state index in [-0.39, 0.29) is 23.6 Å². The number of fused-ring (bicyclic) bond motifs is 4. The minimum Gasteiger partial charge on any atom is -0.480 e. The van der Waals surface area contributed by atoms with E-state index < -0.39 is 35.8 Å². The van der Waals surface area contributed by atoms with Gasteiger partial charge in [0.1, 0.15) is 12.1 Å². The first-order valence-corrected chi connectivity index (χ1v) is 10.1. The number of hydrogen-bond acceptors (Lipinski definition) is 4. The number of amides is 3. The van der Waals surface area contributed by atoms with Crippen molar-refractivity contribution in [1.82, 2.24) is 9.80 Å². The van der Waals surface area contributed by atoms with E-state index in [1.165, 1.54) is 4.90 Å². The average molecular weight is 404 g/mol. The first-order chi connectivity index (χ1) is 14.5. The molecule has 3 amide bonds. The maximum Gasteiger partial charge on any atom is 0.326 e. The van der Waals surface area contributed by atoms with Crippen molar-refractivity contribution >= 4 is 23.7 Å². The van der Waals surface area contributed by atoms with Crippen molar-refractivity contribution < 1.29 is 24.3 Å². The molecule has 1 unspecified atom stereocenters. The largest absolute Gasteiger partial charge is 0.480 e. The molecule has 3 atom stereocenters. The van der Waals surface area contributed by atoms with Gasteiger partial charge in [0.2, 0.25) is 5.91 Å². The monoisotopic (exact) mass is 404 g/mol. The molecule has 0 radical (unpaired) electrons. The van der Waals surface area contributed by atoms with Gasteiger partial charge >= 0.3 is 5.97 Å². The highest BCUT2D eigenvalue weighted by Gasteiger charge is 2.50. The molecule has 3 heterocycles. The Balaban J connectivity index is 1.64. The predicted molar refractivity (Wildman–Crippen MR) is 106 cm³/mol. The van der Waals surface area contributed by atoms with Gasteiger partial charge in [0.25, 0.3) is 11.8 Å². The normalized spacial score (nSPS) is 25.5. The van der Waals surface area contributed by atoms with Gasteiger partial charge in [-0.15, -0.1) is 0 Å². The van der Waals surface area contributed by atoms with Gasteiger partial charge in [0.05, 0.1) is 17.2 Å². The van der Waals surface area contributed by atoms with Crippen LogP contribution in [0.3, 0.4) is 0 Å². The summed E-state index contributed by atoms with van der Waals surface area (Å²) in [6.45, 7) is 0. The van der Waals surface area contributed by atoms with Crippen LogP contribution in [0.2, 0.25) is 0 Å². The zero-order valence-corrected chi connectivity index (χ0v) is 16.2. The number of hydrogen-bond donors (Lipinski definition) is 1. The molecule has 30 heavy (non-hydrogen) atoms. The average Bonchev–Trinajstić information content (AvgIpc) is 2.93. The van der Waals surface area contributed by atoms with Gasteiger partial charge in [-0.05, 0) is 42.5 Å². The van der Waals surface area contributed by atoms with Crippen molar-refractivity contribution in [2.24, 2.45) is 0 Å². The zero-order chi connectivity index (χ0) is 21.0. The smallest absolute Gasteiger partial charge is 0.326 e. The third-order valence-electron chi connectivity index (χ3n) is 6.42. The highest BCUT2D eigenvalue weighted by molar-refractivity contribution is 6.23. The maximum absolute atomic E-state index is 13.7. The van der Waals surface area contributed by atoms with E-state index in [4.69, 9.17) is 0 Å². The molecule has 3 aliphatic rings. The standard InChI is InChI=1S/C23H20N2O5/c26-20-15-8-3-4-9-16(15)21(27)25(20)19-12-13-6-1-2-7-14(13)17-10-5-11-18(23(29)30)24(17)22(19)28/h1-4,6-9,17-19H,5,10-12H2,(H,29,30)/t17?,18-,19-/m0/s1. The molecule has 0 spiro atoms. The Kier molecular flexibility index (Phi) is 4.20. The highest BCUT2D eigenvalue weighted by Crippen LogP contribution is 2.41. The fraction of sp³-hybridized carbons (Fsp3) is 0.304. The number of rotatable bonds is 2. The molecule has 0 aromatic heterocycles. The highest BCUT2D eigenvalue weighted by atomic mass is 16.4. The minimum atomic E-state index is -1.07. The number of nitrogens with zero attached hydrogens (tertiary/aromatic N) is 2. The summed E-state index contributed by atoms with van der Waals surface area (Å²) < 4.78 is 0. The van der Waals surface area contributed by atoms with E-state index in [1.54, 1.807) is 24.3 Å². The van der Waals surface area contributed by atoms with E-state index in [1.807, 2.05) is 24.3 Å². The molecule has 3 aliphatic heterocycles. The molecule has 0 aliphatic carbocycles. The number of benzene rings is 2. The summed E-state index contributed by atoms with van der Waals surface area (Å²) in [6, 6.07) is 11.6. The second-order valence-electron chi connectivity index (χ2n) is 7.99. The van der Waals surface area contributed by atoms with Crippen LogP contribution in [0.5, 0.6) is 0 Å². The molecule has 1 N–H and O–H groups in total. The summed E-state index contributed by atoms with van der Waals surface area (Å²) in [6.07, 6.45) is 1.88. The van der Waals surface area contributed by atoms with Gasteiger partial charge in [0, 0.05) is 6.42 Å². The lowest BCUT2D eigenvalue weighted by Crippen LogP contribution is -2.56. The molecule has 5 rings (SSSR count). The number of carboxylic acids is 1. The Bertz CT molecular complexity index is 1060. The van der Waals surface area contributed by atoms with Crippen molar-refractivity contribution in [3.8, 4) is 0 Å². The fourth-order valence-corrected chi connectivity index (χ4v) is 5.06. The Hall–Kier alpha value is -3.48. The molecule has 7 heteroatoms. The van der Waals surface area contributed by atoms with E-state index in [0.717, 1.165) is 16.0 Å². The van der Waals surface area contributed by atoms with Crippen LogP contribution in [0, 0.1) is 0 Å². The summed E-state index contributed by atoms with van der Waals surface area (Å²) in [5.74, 6) is -2.55. The van der Waals surface area contributed by atoms with E-state index >= 15 is 0 Å². The van der Waals surface area contributed by atoms with Crippen LogP contribution in [-0.4, -0.2) is 50.7 Å². The lowest BCUT2D eigenvalue weighted by atomic mass is 9.89. The minimum absolute atomic E-state index is 0.180. The first-order valence-electron chi connectivity index (χ1n) is 10.1. The Morgan fingerprint density at radius 1 is 0.867 bits per heavy atom. The number of aliphatic carboxylic acids is 1. The SMILES string of the molecule is O=C(O)[C@@H]1CCCC2c3ccccc3C[C@H](N3C(=O)c4ccccc4C3=O)C(=O)N21. The Morgan fingerprint density at radius 3 is 2.17 bits per heavy atom. The van der Waals surface area contributed by atoms with E-state index in [9.17, 15) is 24.3 Å². The molecule has 152 valence electrons. The second kappa shape index (κ2) is 6.79. The van der Waals surface area contributed by atoms with Gasteiger partial charge in [-0.25, -0.2) is 4.79 Å². The number of carbonyl (C=O) groups is 4. The molecular weight excluding hydrogens is 384 g/mol. The topological polar surface area (TPSA) is 95.0 Å². The first kappa shape index (κ1) is 18.5. The van der Waals surface area contributed by atoms with Crippen molar-refractivity contribution in [2.45, 2.75) is 43.8 Å². The second-order valence-corrected chi connectivity index (χ2v) is 7.99. The lowest BCUT2D eigenvalue weighted by molar-refractivity contribution is -0.156. The van der Waals surface area contributed by atoms with Gasteiger partial charge in [0.15, 0.2) is 0 Å². The lowest BCUT2D eigenvalue weighted by Gasteiger charge is -2.41.